The summed E-state index contributed by atoms with van der Waals surface area (Å²) in [5.74, 6) is 0.681. The van der Waals surface area contributed by atoms with Gasteiger partial charge in [-0.05, 0) is 30.3 Å². The highest BCUT2D eigenvalue weighted by Crippen LogP contribution is 2.32. The molecular weight excluding hydrogens is 294 g/mol. The minimum atomic E-state index is -0.522. The third kappa shape index (κ3) is 3.58. The van der Waals surface area contributed by atoms with E-state index in [-0.39, 0.29) is 22.2 Å². The van der Waals surface area contributed by atoms with Crippen molar-refractivity contribution in [1.29, 1.82) is 0 Å². The molecule has 0 radical (unpaired) electrons. The molecule has 0 fully saturated rings. The first-order chi connectivity index (χ1) is 10.0. The monoisotopic (exact) mass is 305 g/mol. The van der Waals surface area contributed by atoms with E-state index in [1.54, 1.807) is 31.2 Å². The Labute approximate surface area is 126 Å². The number of carbonyl (C=O) groups is 1. The van der Waals surface area contributed by atoms with Crippen LogP contribution >= 0.6 is 11.6 Å². The van der Waals surface area contributed by atoms with E-state index >= 15 is 0 Å². The second kappa shape index (κ2) is 6.37. The number of ketones is 1. The van der Waals surface area contributed by atoms with Crippen LogP contribution in [0.25, 0.3) is 0 Å². The fourth-order valence-corrected chi connectivity index (χ4v) is 1.88. The number of benzene rings is 2. The number of non-ortho nitro benzene ring substituents is 1. The van der Waals surface area contributed by atoms with Crippen molar-refractivity contribution in [3.8, 4) is 11.5 Å². The van der Waals surface area contributed by atoms with Crippen LogP contribution in [0.1, 0.15) is 23.7 Å². The number of nitro benzene ring substituents is 1. The van der Waals surface area contributed by atoms with E-state index in [1.165, 1.54) is 18.2 Å². The molecule has 0 amide bonds. The van der Waals surface area contributed by atoms with Gasteiger partial charge in [0.05, 0.1) is 16.0 Å². The first-order valence-electron chi connectivity index (χ1n) is 6.26. The molecule has 2 aromatic rings. The Morgan fingerprint density at radius 2 is 1.90 bits per heavy atom. The predicted molar refractivity (Wildman–Crippen MR) is 79.2 cm³/mol. The second-order valence-corrected chi connectivity index (χ2v) is 4.68. The Morgan fingerprint density at radius 1 is 1.24 bits per heavy atom. The standard InChI is InChI=1S/C15H12ClNO4/c1-2-14(18)10-3-6-12(7-4-10)21-15-9-11(17(19)20)5-8-13(15)16/h3-9H,2H2,1H3. The largest absolute Gasteiger partial charge is 0.456 e. The van der Waals surface area contributed by atoms with Gasteiger partial charge in [0, 0.05) is 18.1 Å². The number of Topliss-reactive ketones (excluding diaryl/α,β-unsaturated/α-hetero) is 1. The van der Waals surface area contributed by atoms with Gasteiger partial charge in [0.25, 0.3) is 5.69 Å². The van der Waals surface area contributed by atoms with Crippen molar-refractivity contribution in [3.05, 3.63) is 63.2 Å². The van der Waals surface area contributed by atoms with E-state index in [0.717, 1.165) is 0 Å². The third-order valence-electron chi connectivity index (χ3n) is 2.85. The number of hydrogen-bond acceptors (Lipinski definition) is 4. The zero-order valence-electron chi connectivity index (χ0n) is 11.2. The summed E-state index contributed by atoms with van der Waals surface area (Å²) in [4.78, 5) is 21.7. The zero-order valence-corrected chi connectivity index (χ0v) is 12.0. The molecule has 0 bridgehead atoms. The topological polar surface area (TPSA) is 69.4 Å². The van der Waals surface area contributed by atoms with E-state index in [9.17, 15) is 14.9 Å². The lowest BCUT2D eigenvalue weighted by molar-refractivity contribution is -0.384. The van der Waals surface area contributed by atoms with E-state index in [0.29, 0.717) is 17.7 Å². The number of rotatable bonds is 5. The minimum Gasteiger partial charge on any atom is -0.456 e. The number of nitro groups is 1. The highest BCUT2D eigenvalue weighted by molar-refractivity contribution is 6.32. The first kappa shape index (κ1) is 15.0. The van der Waals surface area contributed by atoms with E-state index in [1.807, 2.05) is 0 Å². The van der Waals surface area contributed by atoms with Crippen molar-refractivity contribution in [2.45, 2.75) is 13.3 Å². The van der Waals surface area contributed by atoms with Crippen molar-refractivity contribution in [1.82, 2.24) is 0 Å². The van der Waals surface area contributed by atoms with Gasteiger partial charge < -0.3 is 4.74 Å². The lowest BCUT2D eigenvalue weighted by atomic mass is 10.1. The molecule has 0 aliphatic heterocycles. The second-order valence-electron chi connectivity index (χ2n) is 4.28. The highest BCUT2D eigenvalue weighted by atomic mass is 35.5. The zero-order chi connectivity index (χ0) is 15.4. The van der Waals surface area contributed by atoms with Gasteiger partial charge in [-0.15, -0.1) is 0 Å². The quantitative estimate of drug-likeness (QED) is 0.458. The summed E-state index contributed by atoms with van der Waals surface area (Å²) in [5, 5.41) is 11.0. The molecule has 0 saturated carbocycles. The third-order valence-corrected chi connectivity index (χ3v) is 3.16. The average molecular weight is 306 g/mol. The maximum absolute atomic E-state index is 11.5. The van der Waals surface area contributed by atoms with Crippen LogP contribution in [0.2, 0.25) is 5.02 Å². The van der Waals surface area contributed by atoms with Crippen LogP contribution in [-0.2, 0) is 0 Å². The van der Waals surface area contributed by atoms with Crippen molar-refractivity contribution >= 4 is 23.1 Å². The Hall–Kier alpha value is -2.40. The van der Waals surface area contributed by atoms with Crippen LogP contribution in [0.4, 0.5) is 5.69 Å². The summed E-state index contributed by atoms with van der Waals surface area (Å²) in [6.45, 7) is 1.79. The molecule has 5 nitrogen and oxygen atoms in total. The fourth-order valence-electron chi connectivity index (χ4n) is 1.72. The Balaban J connectivity index is 2.23. The predicted octanol–water partition coefficient (Wildman–Crippen LogP) is 4.63. The summed E-state index contributed by atoms with van der Waals surface area (Å²) in [5.41, 5.74) is 0.488. The van der Waals surface area contributed by atoms with Gasteiger partial charge in [0.2, 0.25) is 0 Å². The Kier molecular flexibility index (Phi) is 4.55. The molecule has 21 heavy (non-hydrogen) atoms. The van der Waals surface area contributed by atoms with Gasteiger partial charge >= 0.3 is 0 Å². The number of nitrogens with zero attached hydrogens (tertiary/aromatic N) is 1. The van der Waals surface area contributed by atoms with Gasteiger partial charge in [0.15, 0.2) is 11.5 Å². The van der Waals surface area contributed by atoms with Crippen molar-refractivity contribution in [2.75, 3.05) is 0 Å². The van der Waals surface area contributed by atoms with Gasteiger partial charge in [-0.3, -0.25) is 14.9 Å². The van der Waals surface area contributed by atoms with Gasteiger partial charge in [-0.1, -0.05) is 18.5 Å². The average Bonchev–Trinajstić information content (AvgIpc) is 2.49. The molecule has 108 valence electrons. The van der Waals surface area contributed by atoms with Crippen LogP contribution in [0.3, 0.4) is 0 Å². The number of halogens is 1. The molecule has 2 rings (SSSR count). The molecule has 0 N–H and O–H groups in total. The summed E-state index contributed by atoms with van der Waals surface area (Å²) >= 11 is 5.95. The molecule has 0 aliphatic rings. The summed E-state index contributed by atoms with van der Waals surface area (Å²) < 4.78 is 5.52. The normalized spacial score (nSPS) is 10.2. The summed E-state index contributed by atoms with van der Waals surface area (Å²) in [6.07, 6.45) is 0.427. The van der Waals surface area contributed by atoms with Crippen molar-refractivity contribution < 1.29 is 14.5 Å². The maximum Gasteiger partial charge on any atom is 0.273 e. The maximum atomic E-state index is 11.5. The van der Waals surface area contributed by atoms with Gasteiger partial charge in [0.1, 0.15) is 5.75 Å². The summed E-state index contributed by atoms with van der Waals surface area (Å²) in [6, 6.07) is 10.5. The molecule has 6 heteroatoms. The molecule has 0 saturated heterocycles. The summed E-state index contributed by atoms with van der Waals surface area (Å²) in [7, 11) is 0. The van der Waals surface area contributed by atoms with E-state index < -0.39 is 4.92 Å². The fraction of sp³-hybridized carbons (Fsp3) is 0.133. The van der Waals surface area contributed by atoms with Crippen molar-refractivity contribution in [2.24, 2.45) is 0 Å². The molecule has 0 aliphatic carbocycles. The highest BCUT2D eigenvalue weighted by Gasteiger charge is 2.12. The van der Waals surface area contributed by atoms with Gasteiger partial charge in [-0.25, -0.2) is 0 Å². The Morgan fingerprint density at radius 3 is 2.48 bits per heavy atom. The van der Waals surface area contributed by atoms with Crippen LogP contribution < -0.4 is 4.74 Å². The molecular formula is C15H12ClNO4. The molecule has 0 unspecified atom stereocenters. The number of ether oxygens (including phenoxy) is 1. The molecule has 0 spiro atoms. The van der Waals surface area contributed by atoms with Crippen LogP contribution in [0.15, 0.2) is 42.5 Å². The van der Waals surface area contributed by atoms with Crippen LogP contribution in [-0.4, -0.2) is 10.7 Å². The number of carbonyl (C=O) groups excluding carboxylic acids is 1. The van der Waals surface area contributed by atoms with Crippen molar-refractivity contribution in [3.63, 3.8) is 0 Å². The lowest BCUT2D eigenvalue weighted by Gasteiger charge is -2.08. The molecule has 0 atom stereocenters. The molecule has 0 aromatic heterocycles. The lowest BCUT2D eigenvalue weighted by Crippen LogP contribution is -1.96. The van der Waals surface area contributed by atoms with Crippen LogP contribution in [0, 0.1) is 10.1 Å². The number of hydrogen-bond donors (Lipinski definition) is 0. The van der Waals surface area contributed by atoms with E-state index in [4.69, 9.17) is 16.3 Å². The molecule has 2 aromatic carbocycles. The van der Waals surface area contributed by atoms with Gasteiger partial charge in [-0.2, -0.15) is 0 Å². The minimum absolute atomic E-state index is 0.0370. The Bertz CT molecular complexity index is 683. The SMILES string of the molecule is CCC(=O)c1ccc(Oc2cc([N+](=O)[O-])ccc2Cl)cc1. The van der Waals surface area contributed by atoms with E-state index in [2.05, 4.69) is 0 Å². The first-order valence-corrected chi connectivity index (χ1v) is 6.64. The molecule has 0 heterocycles. The van der Waals surface area contributed by atoms with Crippen LogP contribution in [0.5, 0.6) is 11.5 Å². The smallest absolute Gasteiger partial charge is 0.273 e.